The van der Waals surface area contributed by atoms with E-state index in [1.807, 2.05) is 17.7 Å². The Morgan fingerprint density at radius 3 is 2.74 bits per heavy atom. The minimum absolute atomic E-state index is 0.105. The predicted molar refractivity (Wildman–Crippen MR) is 122 cm³/mol. The number of halogens is 1. The smallest absolute Gasteiger partial charge is 0.268 e. The van der Waals surface area contributed by atoms with E-state index in [-0.39, 0.29) is 23.4 Å². The molecule has 0 saturated heterocycles. The molecule has 1 aliphatic heterocycles. The Morgan fingerprint density at radius 1 is 1.29 bits per heavy atom. The highest BCUT2D eigenvalue weighted by atomic mass is 19.1. The van der Waals surface area contributed by atoms with Gasteiger partial charge in [-0.3, -0.25) is 19.1 Å². The second-order valence-corrected chi connectivity index (χ2v) is 8.28. The van der Waals surface area contributed by atoms with E-state index in [0.29, 0.717) is 29.8 Å². The van der Waals surface area contributed by atoms with E-state index in [1.165, 1.54) is 23.7 Å². The van der Waals surface area contributed by atoms with Gasteiger partial charge < -0.3 is 19.7 Å². The van der Waals surface area contributed by atoms with Gasteiger partial charge in [0.2, 0.25) is 0 Å². The van der Waals surface area contributed by atoms with E-state index >= 15 is 0 Å². The van der Waals surface area contributed by atoms with Crippen LogP contribution in [0.1, 0.15) is 27.2 Å². The van der Waals surface area contributed by atoms with Crippen molar-refractivity contribution in [1.82, 2.24) is 24.4 Å². The highest BCUT2D eigenvalue weighted by Crippen LogP contribution is 2.37. The fraction of sp³-hybridized carbons (Fsp3) is 0.250. The topological polar surface area (TPSA) is 111 Å². The van der Waals surface area contributed by atoms with Crippen molar-refractivity contribution in [3.8, 4) is 11.5 Å². The summed E-state index contributed by atoms with van der Waals surface area (Å²) in [6.45, 7) is 2.46. The van der Waals surface area contributed by atoms with Crippen LogP contribution in [0.2, 0.25) is 0 Å². The molecule has 0 unspecified atom stereocenters. The molecule has 2 N–H and O–H groups in total. The Morgan fingerprint density at radius 2 is 2.06 bits per heavy atom. The van der Waals surface area contributed by atoms with E-state index in [0.717, 1.165) is 11.3 Å². The molecule has 10 heteroatoms. The number of benzene rings is 1. The van der Waals surface area contributed by atoms with E-state index in [9.17, 15) is 19.1 Å². The van der Waals surface area contributed by atoms with E-state index < -0.39 is 23.3 Å². The van der Waals surface area contributed by atoms with Crippen molar-refractivity contribution in [3.63, 3.8) is 0 Å². The number of ether oxygens (including phenoxy) is 1. The van der Waals surface area contributed by atoms with Gasteiger partial charge in [-0.15, -0.1) is 0 Å². The van der Waals surface area contributed by atoms with E-state index in [4.69, 9.17) is 4.74 Å². The quantitative estimate of drug-likeness (QED) is 0.469. The van der Waals surface area contributed by atoms with Gasteiger partial charge >= 0.3 is 0 Å². The number of nitrogens with zero attached hydrogens (tertiary/aromatic N) is 4. The third-order valence-electron chi connectivity index (χ3n) is 5.88. The van der Waals surface area contributed by atoms with Gasteiger partial charge in [0.1, 0.15) is 28.5 Å². The number of rotatable bonds is 5. The number of amides is 1. The minimum Gasteiger partial charge on any atom is -0.505 e. The number of aromatic hydroxyl groups is 1. The number of hydrogen-bond acceptors (Lipinski definition) is 6. The third-order valence-corrected chi connectivity index (χ3v) is 5.88. The molecule has 9 nitrogen and oxygen atoms in total. The molecule has 1 aromatic carbocycles. The van der Waals surface area contributed by atoms with Crippen LogP contribution in [0.4, 0.5) is 4.39 Å². The maximum atomic E-state index is 13.4. The molecule has 0 aliphatic carbocycles. The van der Waals surface area contributed by atoms with Crippen LogP contribution in [-0.4, -0.2) is 43.3 Å². The maximum Gasteiger partial charge on any atom is 0.268 e. The largest absolute Gasteiger partial charge is 0.505 e. The summed E-state index contributed by atoms with van der Waals surface area (Å²) in [6.07, 6.45) is 5.04. The molecule has 0 fully saturated rings. The lowest BCUT2D eigenvalue weighted by Gasteiger charge is -2.30. The summed E-state index contributed by atoms with van der Waals surface area (Å²) < 4.78 is 23.0. The van der Waals surface area contributed by atoms with Gasteiger partial charge in [-0.05, 0) is 24.6 Å². The van der Waals surface area contributed by atoms with Gasteiger partial charge in [0, 0.05) is 31.4 Å². The van der Waals surface area contributed by atoms with Crippen molar-refractivity contribution in [2.24, 2.45) is 0 Å². The zero-order chi connectivity index (χ0) is 24.0. The molecule has 5 rings (SSSR count). The molecule has 1 atom stereocenters. The minimum atomic E-state index is -0.694. The SMILES string of the molecule is CNC(=O)c1c(O)c2ncc(Cc3ccc(F)cc3)c3c2n(c1=O)C[C@@H](Cn1cnc(C)c1)O3. The second-order valence-electron chi connectivity index (χ2n) is 8.28. The Balaban J connectivity index is 1.67. The molecule has 34 heavy (non-hydrogen) atoms. The highest BCUT2D eigenvalue weighted by Gasteiger charge is 2.31. The molecule has 4 aromatic rings. The van der Waals surface area contributed by atoms with Crippen LogP contribution in [0.5, 0.6) is 11.5 Å². The third kappa shape index (κ3) is 3.66. The van der Waals surface area contributed by atoms with Gasteiger partial charge in [-0.2, -0.15) is 0 Å². The van der Waals surface area contributed by atoms with Gasteiger partial charge in [-0.25, -0.2) is 9.37 Å². The predicted octanol–water partition coefficient (Wildman–Crippen LogP) is 2.16. The summed E-state index contributed by atoms with van der Waals surface area (Å²) in [5.41, 5.74) is 1.80. The van der Waals surface area contributed by atoms with Crippen LogP contribution < -0.4 is 15.6 Å². The first-order valence-corrected chi connectivity index (χ1v) is 10.7. The van der Waals surface area contributed by atoms with Crippen LogP contribution in [-0.2, 0) is 19.5 Å². The lowest BCUT2D eigenvalue weighted by atomic mass is 10.0. The van der Waals surface area contributed by atoms with Gasteiger partial charge in [0.15, 0.2) is 11.5 Å². The summed E-state index contributed by atoms with van der Waals surface area (Å²) in [5.74, 6) is -1.12. The van der Waals surface area contributed by atoms with E-state index in [1.54, 1.807) is 24.7 Å². The molecule has 1 amide bonds. The standard InChI is InChI=1S/C24H22FN5O4/c1-13-9-29(12-28-13)10-17-11-30-20-19(21(31)18(24(30)33)23(32)26-2)27-8-15(22(20)34-17)7-14-3-5-16(25)6-4-14/h3-6,8-9,12,17,31H,7,10-11H2,1-2H3,(H,26,32)/t17-/m1/s1. The first-order chi connectivity index (χ1) is 16.4. The zero-order valence-electron chi connectivity index (χ0n) is 18.6. The first-order valence-electron chi connectivity index (χ1n) is 10.7. The summed E-state index contributed by atoms with van der Waals surface area (Å²) in [5, 5.41) is 13.2. The van der Waals surface area contributed by atoms with E-state index in [2.05, 4.69) is 15.3 Å². The zero-order valence-corrected chi connectivity index (χ0v) is 18.6. The van der Waals surface area contributed by atoms with Crippen LogP contribution in [0, 0.1) is 12.7 Å². The molecule has 1 aliphatic rings. The van der Waals surface area contributed by atoms with Crippen molar-refractivity contribution >= 4 is 16.9 Å². The number of pyridine rings is 2. The van der Waals surface area contributed by atoms with Crippen LogP contribution in [0.15, 0.2) is 47.8 Å². The van der Waals surface area contributed by atoms with Crippen molar-refractivity contribution in [1.29, 1.82) is 0 Å². The van der Waals surface area contributed by atoms with Gasteiger partial charge in [0.05, 0.1) is 25.1 Å². The molecule has 3 aromatic heterocycles. The number of imidazole rings is 1. The number of carbonyl (C=O) groups is 1. The molecular formula is C24H22FN5O4. The average Bonchev–Trinajstić information content (AvgIpc) is 3.23. The summed E-state index contributed by atoms with van der Waals surface area (Å²) in [6, 6.07) is 6.08. The van der Waals surface area contributed by atoms with Crippen molar-refractivity contribution in [2.45, 2.75) is 32.5 Å². The fourth-order valence-electron chi connectivity index (χ4n) is 4.29. The Bertz CT molecular complexity index is 1480. The van der Waals surface area contributed by atoms with Crippen LogP contribution in [0.3, 0.4) is 0 Å². The normalized spacial score (nSPS) is 14.7. The molecular weight excluding hydrogens is 441 g/mol. The second kappa shape index (κ2) is 8.29. The van der Waals surface area contributed by atoms with Crippen LogP contribution in [0.25, 0.3) is 11.0 Å². The molecule has 4 heterocycles. The molecule has 0 bridgehead atoms. The Hall–Kier alpha value is -4.21. The summed E-state index contributed by atoms with van der Waals surface area (Å²) in [7, 11) is 1.39. The monoisotopic (exact) mass is 463 g/mol. The summed E-state index contributed by atoms with van der Waals surface area (Å²) >= 11 is 0. The first kappa shape index (κ1) is 21.6. The average molecular weight is 463 g/mol. The maximum absolute atomic E-state index is 13.4. The molecule has 174 valence electrons. The van der Waals surface area contributed by atoms with Gasteiger partial charge in [0.25, 0.3) is 11.5 Å². The number of carbonyl (C=O) groups excluding carboxylic acids is 1. The molecule has 0 radical (unpaired) electrons. The lowest BCUT2D eigenvalue weighted by molar-refractivity contribution is 0.0956. The van der Waals surface area contributed by atoms with Crippen molar-refractivity contribution in [2.75, 3.05) is 7.05 Å². The van der Waals surface area contributed by atoms with Gasteiger partial charge in [-0.1, -0.05) is 12.1 Å². The highest BCUT2D eigenvalue weighted by molar-refractivity contribution is 6.02. The fourth-order valence-corrected chi connectivity index (χ4v) is 4.29. The lowest BCUT2D eigenvalue weighted by Crippen LogP contribution is -2.40. The Kier molecular flexibility index (Phi) is 5.27. The number of aryl methyl sites for hydroxylation is 1. The number of hydrogen-bond donors (Lipinski definition) is 2. The Labute approximate surface area is 193 Å². The van der Waals surface area contributed by atoms with Crippen molar-refractivity contribution < 1.29 is 19.0 Å². The van der Waals surface area contributed by atoms with Crippen molar-refractivity contribution in [3.05, 3.63) is 81.5 Å². The molecule has 0 saturated carbocycles. The number of aromatic nitrogens is 4. The molecule has 0 spiro atoms. The van der Waals surface area contributed by atoms with Crippen LogP contribution >= 0.6 is 0 Å². The summed E-state index contributed by atoms with van der Waals surface area (Å²) in [4.78, 5) is 34.3. The number of nitrogens with one attached hydrogen (secondary N) is 1.